The molecule has 0 heterocycles. The van der Waals surface area contributed by atoms with Crippen LogP contribution in [0.5, 0.6) is 5.75 Å². The van der Waals surface area contributed by atoms with Gasteiger partial charge in [-0.1, -0.05) is 30.3 Å². The van der Waals surface area contributed by atoms with Crippen molar-refractivity contribution in [2.45, 2.75) is 6.92 Å². The van der Waals surface area contributed by atoms with E-state index >= 15 is 0 Å². The highest BCUT2D eigenvalue weighted by atomic mass is 16.6. The molecule has 0 saturated carbocycles. The Morgan fingerprint density at radius 2 is 1.93 bits per heavy atom. The number of nitro groups is 1. The molecule has 140 valence electrons. The zero-order valence-corrected chi connectivity index (χ0v) is 15.3. The largest absolute Gasteiger partial charge is 0.484 e. The monoisotopic (exact) mass is 368 g/mol. The number of carbonyl (C=O) groups excluding carboxylic acids is 2. The number of aryl methyl sites for hydroxylation is 1. The Labute approximate surface area is 157 Å². The van der Waals surface area contributed by atoms with Crippen molar-refractivity contribution in [1.82, 2.24) is 4.90 Å². The van der Waals surface area contributed by atoms with Gasteiger partial charge in [-0.05, 0) is 30.7 Å². The summed E-state index contributed by atoms with van der Waals surface area (Å²) in [6.45, 7) is 1.54. The summed E-state index contributed by atoms with van der Waals surface area (Å²) >= 11 is 0. The fourth-order valence-corrected chi connectivity index (χ4v) is 2.21. The average molecular weight is 368 g/mol. The molecule has 0 bridgehead atoms. The number of nitro benzene ring substituents is 1. The minimum atomic E-state index is -0.454. The van der Waals surface area contributed by atoms with E-state index in [2.05, 4.69) is 0 Å². The number of ether oxygens (including phenoxy) is 1. The molecule has 0 N–H and O–H groups in total. The third-order valence-electron chi connectivity index (χ3n) is 3.84. The van der Waals surface area contributed by atoms with Crippen LogP contribution in [0.3, 0.4) is 0 Å². The van der Waals surface area contributed by atoms with Crippen LogP contribution >= 0.6 is 0 Å². The minimum absolute atomic E-state index is 0.00514. The van der Waals surface area contributed by atoms with E-state index in [0.717, 1.165) is 0 Å². The van der Waals surface area contributed by atoms with E-state index in [1.54, 1.807) is 57.4 Å². The zero-order valence-electron chi connectivity index (χ0n) is 15.3. The topological polar surface area (TPSA) is 89.8 Å². The first-order valence-electron chi connectivity index (χ1n) is 8.18. The molecule has 0 aliphatic carbocycles. The Morgan fingerprint density at radius 1 is 1.19 bits per heavy atom. The lowest BCUT2D eigenvalue weighted by atomic mass is 10.1. The SMILES string of the molecule is Cc1ccc(/C=C/C(=O)c2cccc(OCC(=O)N(C)C)c2)cc1[N+](=O)[O-]. The zero-order chi connectivity index (χ0) is 20.0. The molecule has 0 unspecified atom stereocenters. The Bertz CT molecular complexity index is 903. The van der Waals surface area contributed by atoms with Crippen LogP contribution in [-0.2, 0) is 4.79 Å². The molecule has 2 aromatic carbocycles. The molecule has 2 aromatic rings. The molecule has 7 nitrogen and oxygen atoms in total. The van der Waals surface area contributed by atoms with E-state index in [1.165, 1.54) is 23.1 Å². The Morgan fingerprint density at radius 3 is 2.59 bits per heavy atom. The molecule has 7 heteroatoms. The maximum atomic E-state index is 12.4. The van der Waals surface area contributed by atoms with Crippen molar-refractivity contribution in [1.29, 1.82) is 0 Å². The second-order valence-corrected chi connectivity index (χ2v) is 6.11. The number of benzene rings is 2. The van der Waals surface area contributed by atoms with Gasteiger partial charge in [-0.25, -0.2) is 0 Å². The lowest BCUT2D eigenvalue weighted by Crippen LogP contribution is -2.27. The van der Waals surface area contributed by atoms with Crippen molar-refractivity contribution in [2.75, 3.05) is 20.7 Å². The number of hydrogen-bond donors (Lipinski definition) is 0. The summed E-state index contributed by atoms with van der Waals surface area (Å²) in [5.74, 6) is -0.0503. The van der Waals surface area contributed by atoms with Crippen LogP contribution in [0, 0.1) is 17.0 Å². The van der Waals surface area contributed by atoms with Gasteiger partial charge >= 0.3 is 0 Å². The fourth-order valence-electron chi connectivity index (χ4n) is 2.21. The van der Waals surface area contributed by atoms with Crippen molar-refractivity contribution in [2.24, 2.45) is 0 Å². The number of rotatable bonds is 7. The Kier molecular flexibility index (Phi) is 6.43. The molecule has 27 heavy (non-hydrogen) atoms. The molecule has 0 aliphatic heterocycles. The van der Waals surface area contributed by atoms with Gasteiger partial charge in [0.2, 0.25) is 0 Å². The van der Waals surface area contributed by atoms with Gasteiger partial charge in [0.05, 0.1) is 4.92 Å². The number of nitrogens with zero attached hydrogens (tertiary/aromatic N) is 2. The number of ketones is 1. The summed E-state index contributed by atoms with van der Waals surface area (Å²) in [5.41, 5.74) is 1.51. The van der Waals surface area contributed by atoms with Crippen molar-refractivity contribution in [3.8, 4) is 5.75 Å². The highest BCUT2D eigenvalue weighted by Gasteiger charge is 2.10. The van der Waals surface area contributed by atoms with Crippen LogP contribution in [0.4, 0.5) is 5.69 Å². The third-order valence-corrected chi connectivity index (χ3v) is 3.84. The van der Waals surface area contributed by atoms with Crippen LogP contribution in [0.1, 0.15) is 21.5 Å². The molecule has 0 saturated heterocycles. The lowest BCUT2D eigenvalue weighted by molar-refractivity contribution is -0.385. The van der Waals surface area contributed by atoms with E-state index in [1.807, 2.05) is 0 Å². The maximum Gasteiger partial charge on any atom is 0.272 e. The normalized spacial score (nSPS) is 10.6. The number of carbonyl (C=O) groups is 2. The summed E-state index contributed by atoms with van der Waals surface area (Å²) in [5, 5.41) is 11.0. The first kappa shape index (κ1) is 19.8. The van der Waals surface area contributed by atoms with E-state index in [4.69, 9.17) is 4.74 Å². The van der Waals surface area contributed by atoms with Crippen LogP contribution < -0.4 is 4.74 Å². The number of hydrogen-bond acceptors (Lipinski definition) is 5. The van der Waals surface area contributed by atoms with Crippen LogP contribution in [-0.4, -0.2) is 42.2 Å². The Balaban J connectivity index is 2.11. The van der Waals surface area contributed by atoms with E-state index in [0.29, 0.717) is 22.4 Å². The van der Waals surface area contributed by atoms with Crippen molar-refractivity contribution in [3.63, 3.8) is 0 Å². The number of amides is 1. The lowest BCUT2D eigenvalue weighted by Gasteiger charge is -2.11. The quantitative estimate of drug-likeness (QED) is 0.324. The van der Waals surface area contributed by atoms with Gasteiger partial charge in [-0.3, -0.25) is 19.7 Å². The van der Waals surface area contributed by atoms with Gasteiger partial charge in [0, 0.05) is 31.3 Å². The van der Waals surface area contributed by atoms with Crippen molar-refractivity contribution in [3.05, 3.63) is 75.3 Å². The second-order valence-electron chi connectivity index (χ2n) is 6.11. The van der Waals surface area contributed by atoms with Crippen molar-refractivity contribution < 1.29 is 19.2 Å². The Hall–Kier alpha value is -3.48. The summed E-state index contributed by atoms with van der Waals surface area (Å²) in [6, 6.07) is 11.3. The smallest absolute Gasteiger partial charge is 0.272 e. The predicted octanol–water partition coefficient (Wildman–Crippen LogP) is 3.27. The molecule has 0 radical (unpaired) electrons. The highest BCUT2D eigenvalue weighted by Crippen LogP contribution is 2.20. The highest BCUT2D eigenvalue weighted by molar-refractivity contribution is 6.07. The first-order chi connectivity index (χ1) is 12.8. The minimum Gasteiger partial charge on any atom is -0.484 e. The molecule has 0 aromatic heterocycles. The first-order valence-corrected chi connectivity index (χ1v) is 8.18. The van der Waals surface area contributed by atoms with Gasteiger partial charge in [0.25, 0.3) is 11.6 Å². The molecular formula is C20H20N2O5. The van der Waals surface area contributed by atoms with Gasteiger partial charge < -0.3 is 9.64 Å². The molecule has 1 amide bonds. The number of allylic oxidation sites excluding steroid dienone is 1. The molecule has 0 spiro atoms. The summed E-state index contributed by atoms with van der Waals surface area (Å²) < 4.78 is 5.40. The third kappa shape index (κ3) is 5.50. The van der Waals surface area contributed by atoms with Crippen LogP contribution in [0.2, 0.25) is 0 Å². The van der Waals surface area contributed by atoms with Crippen LogP contribution in [0.15, 0.2) is 48.5 Å². The molecule has 0 fully saturated rings. The van der Waals surface area contributed by atoms with Gasteiger partial charge in [-0.2, -0.15) is 0 Å². The summed E-state index contributed by atoms with van der Waals surface area (Å²) in [6.07, 6.45) is 2.87. The average Bonchev–Trinajstić information content (AvgIpc) is 2.65. The molecule has 2 rings (SSSR count). The van der Waals surface area contributed by atoms with Crippen molar-refractivity contribution >= 4 is 23.5 Å². The molecule has 0 atom stereocenters. The maximum absolute atomic E-state index is 12.4. The number of likely N-dealkylation sites (N-methyl/N-ethyl adjacent to an activating group) is 1. The fraction of sp³-hybridized carbons (Fsp3) is 0.200. The van der Waals surface area contributed by atoms with Gasteiger partial charge in [0.15, 0.2) is 12.4 Å². The van der Waals surface area contributed by atoms with E-state index in [-0.39, 0.29) is 24.0 Å². The summed E-state index contributed by atoms with van der Waals surface area (Å²) in [4.78, 5) is 35.9. The van der Waals surface area contributed by atoms with E-state index in [9.17, 15) is 19.7 Å². The van der Waals surface area contributed by atoms with Crippen LogP contribution in [0.25, 0.3) is 6.08 Å². The summed E-state index contributed by atoms with van der Waals surface area (Å²) in [7, 11) is 3.26. The second kappa shape index (κ2) is 8.75. The van der Waals surface area contributed by atoms with Gasteiger partial charge in [0.1, 0.15) is 5.75 Å². The molecule has 0 aliphatic rings. The van der Waals surface area contributed by atoms with E-state index < -0.39 is 4.92 Å². The standard InChI is InChI=1S/C20H20N2O5/c1-14-7-8-15(11-18(14)22(25)26)9-10-19(23)16-5-4-6-17(12-16)27-13-20(24)21(2)3/h4-12H,13H2,1-3H3/b10-9+. The molecular weight excluding hydrogens is 348 g/mol. The predicted molar refractivity (Wildman–Crippen MR) is 102 cm³/mol. The van der Waals surface area contributed by atoms with Gasteiger partial charge in [-0.15, -0.1) is 0 Å².